The Kier molecular flexibility index (Phi) is 8.51. The van der Waals surface area contributed by atoms with Crippen molar-refractivity contribution >= 4 is 0 Å². The van der Waals surface area contributed by atoms with Gasteiger partial charge in [-0.3, -0.25) is 0 Å². The third-order valence-electron chi connectivity index (χ3n) is 3.55. The number of likely N-dealkylation sites (N-methyl/N-ethyl adjacent to an activating group) is 1. The van der Waals surface area contributed by atoms with Gasteiger partial charge in [-0.1, -0.05) is 36.8 Å². The second-order valence-corrected chi connectivity index (χ2v) is 5.31. The number of hydrogen-bond acceptors (Lipinski definition) is 3. The Morgan fingerprint density at radius 3 is 2.45 bits per heavy atom. The highest BCUT2D eigenvalue weighted by Gasteiger charge is 2.11. The van der Waals surface area contributed by atoms with E-state index in [4.69, 9.17) is 4.74 Å². The lowest BCUT2D eigenvalue weighted by molar-refractivity contribution is 0.121. The van der Waals surface area contributed by atoms with Gasteiger partial charge in [0.2, 0.25) is 0 Å². The molecule has 114 valence electrons. The molecule has 0 saturated heterocycles. The summed E-state index contributed by atoms with van der Waals surface area (Å²) in [7, 11) is 2.16. The standard InChI is InChI=1S/C17H30N2O/c1-5-18-17(16-9-7-15(3)8-10-16)11-12-19(4)13-14-20-6-2/h7-10,17-18H,5-6,11-14H2,1-4H3. The highest BCUT2D eigenvalue weighted by molar-refractivity contribution is 5.24. The van der Waals surface area contributed by atoms with Crippen LogP contribution in [0.3, 0.4) is 0 Å². The zero-order chi connectivity index (χ0) is 14.8. The Balaban J connectivity index is 2.44. The first-order valence-corrected chi connectivity index (χ1v) is 7.73. The number of rotatable bonds is 10. The fourth-order valence-electron chi connectivity index (χ4n) is 2.26. The molecule has 0 aliphatic rings. The highest BCUT2D eigenvalue weighted by Crippen LogP contribution is 2.17. The molecule has 20 heavy (non-hydrogen) atoms. The summed E-state index contributed by atoms with van der Waals surface area (Å²) in [6.45, 7) is 11.0. The minimum Gasteiger partial charge on any atom is -0.380 e. The van der Waals surface area contributed by atoms with Crippen LogP contribution in [-0.2, 0) is 4.74 Å². The number of hydrogen-bond donors (Lipinski definition) is 1. The first-order chi connectivity index (χ1) is 9.67. The van der Waals surface area contributed by atoms with Crippen molar-refractivity contribution in [1.29, 1.82) is 0 Å². The monoisotopic (exact) mass is 278 g/mol. The summed E-state index contributed by atoms with van der Waals surface area (Å²) in [6, 6.07) is 9.30. The molecule has 1 rings (SSSR count). The van der Waals surface area contributed by atoms with Crippen LogP contribution in [0.15, 0.2) is 24.3 Å². The molecular formula is C17H30N2O. The first-order valence-electron chi connectivity index (χ1n) is 7.73. The van der Waals surface area contributed by atoms with Crippen molar-refractivity contribution in [2.24, 2.45) is 0 Å². The van der Waals surface area contributed by atoms with Gasteiger partial charge in [-0.2, -0.15) is 0 Å². The predicted octanol–water partition coefficient (Wildman–Crippen LogP) is 3.00. The van der Waals surface area contributed by atoms with E-state index in [1.807, 2.05) is 6.92 Å². The van der Waals surface area contributed by atoms with E-state index >= 15 is 0 Å². The molecule has 0 saturated carbocycles. The number of benzene rings is 1. The SMILES string of the molecule is CCNC(CCN(C)CCOCC)c1ccc(C)cc1. The van der Waals surface area contributed by atoms with Crippen LogP contribution < -0.4 is 5.32 Å². The summed E-state index contributed by atoms with van der Waals surface area (Å²) in [5, 5.41) is 3.58. The number of aryl methyl sites for hydroxylation is 1. The number of ether oxygens (including phenoxy) is 1. The van der Waals surface area contributed by atoms with Gasteiger partial charge in [0.25, 0.3) is 0 Å². The van der Waals surface area contributed by atoms with E-state index in [0.717, 1.165) is 39.3 Å². The van der Waals surface area contributed by atoms with Crippen LogP contribution in [0.4, 0.5) is 0 Å². The van der Waals surface area contributed by atoms with Crippen LogP contribution >= 0.6 is 0 Å². The zero-order valence-electron chi connectivity index (χ0n) is 13.5. The van der Waals surface area contributed by atoms with E-state index < -0.39 is 0 Å². The lowest BCUT2D eigenvalue weighted by Gasteiger charge is -2.23. The van der Waals surface area contributed by atoms with E-state index in [2.05, 4.69) is 55.4 Å². The van der Waals surface area contributed by atoms with Crippen molar-refractivity contribution in [2.45, 2.75) is 33.2 Å². The second kappa shape index (κ2) is 9.92. The lowest BCUT2D eigenvalue weighted by Crippen LogP contribution is -2.29. The van der Waals surface area contributed by atoms with Gasteiger partial charge in [0.05, 0.1) is 6.61 Å². The molecule has 0 aromatic heterocycles. The molecular weight excluding hydrogens is 248 g/mol. The van der Waals surface area contributed by atoms with Crippen LogP contribution in [0.5, 0.6) is 0 Å². The molecule has 3 heteroatoms. The van der Waals surface area contributed by atoms with Gasteiger partial charge in [0.15, 0.2) is 0 Å². The molecule has 1 unspecified atom stereocenters. The van der Waals surface area contributed by atoms with Crippen molar-refractivity contribution in [3.8, 4) is 0 Å². The fourth-order valence-corrected chi connectivity index (χ4v) is 2.26. The zero-order valence-corrected chi connectivity index (χ0v) is 13.5. The van der Waals surface area contributed by atoms with Crippen molar-refractivity contribution in [1.82, 2.24) is 10.2 Å². The Morgan fingerprint density at radius 1 is 1.15 bits per heavy atom. The van der Waals surface area contributed by atoms with Crippen LogP contribution in [0.1, 0.15) is 37.4 Å². The normalized spacial score (nSPS) is 12.8. The van der Waals surface area contributed by atoms with Gasteiger partial charge in [0, 0.05) is 19.2 Å². The van der Waals surface area contributed by atoms with E-state index in [-0.39, 0.29) is 0 Å². The van der Waals surface area contributed by atoms with Crippen LogP contribution in [0, 0.1) is 6.92 Å². The van der Waals surface area contributed by atoms with Gasteiger partial charge in [-0.25, -0.2) is 0 Å². The molecule has 0 amide bonds. The van der Waals surface area contributed by atoms with Crippen molar-refractivity contribution in [3.05, 3.63) is 35.4 Å². The summed E-state index contributed by atoms with van der Waals surface area (Å²) < 4.78 is 5.40. The summed E-state index contributed by atoms with van der Waals surface area (Å²) in [5.74, 6) is 0. The molecule has 1 aromatic rings. The molecule has 0 aliphatic carbocycles. The maximum atomic E-state index is 5.40. The van der Waals surface area contributed by atoms with Gasteiger partial charge >= 0.3 is 0 Å². The number of nitrogens with one attached hydrogen (secondary N) is 1. The summed E-state index contributed by atoms with van der Waals surface area (Å²) >= 11 is 0. The smallest absolute Gasteiger partial charge is 0.0593 e. The lowest BCUT2D eigenvalue weighted by atomic mass is 10.0. The molecule has 3 nitrogen and oxygen atoms in total. The summed E-state index contributed by atoms with van der Waals surface area (Å²) in [4.78, 5) is 2.34. The van der Waals surface area contributed by atoms with E-state index in [1.165, 1.54) is 11.1 Å². The largest absolute Gasteiger partial charge is 0.380 e. The maximum Gasteiger partial charge on any atom is 0.0593 e. The molecule has 0 bridgehead atoms. The highest BCUT2D eigenvalue weighted by atomic mass is 16.5. The summed E-state index contributed by atoms with van der Waals surface area (Å²) in [5.41, 5.74) is 2.70. The molecule has 1 N–H and O–H groups in total. The minimum atomic E-state index is 0.440. The van der Waals surface area contributed by atoms with Crippen molar-refractivity contribution in [2.75, 3.05) is 39.9 Å². The van der Waals surface area contributed by atoms with Gasteiger partial charge in [-0.15, -0.1) is 0 Å². The van der Waals surface area contributed by atoms with Gasteiger partial charge in [-0.05, 0) is 46.0 Å². The van der Waals surface area contributed by atoms with Crippen LogP contribution in [0.25, 0.3) is 0 Å². The third kappa shape index (κ3) is 6.51. The molecule has 1 atom stereocenters. The van der Waals surface area contributed by atoms with Crippen molar-refractivity contribution < 1.29 is 4.74 Å². The Morgan fingerprint density at radius 2 is 1.85 bits per heavy atom. The van der Waals surface area contributed by atoms with E-state index in [0.29, 0.717) is 6.04 Å². The minimum absolute atomic E-state index is 0.440. The summed E-state index contributed by atoms with van der Waals surface area (Å²) in [6.07, 6.45) is 1.12. The molecule has 0 aliphatic heterocycles. The Bertz CT molecular complexity index is 351. The van der Waals surface area contributed by atoms with Crippen molar-refractivity contribution in [3.63, 3.8) is 0 Å². The first kappa shape index (κ1) is 17.2. The quantitative estimate of drug-likeness (QED) is 0.666. The average Bonchev–Trinajstić information content (AvgIpc) is 2.45. The Labute approximate surface area is 124 Å². The predicted molar refractivity (Wildman–Crippen MR) is 86.2 cm³/mol. The van der Waals surface area contributed by atoms with E-state index in [1.54, 1.807) is 0 Å². The molecule has 1 aromatic carbocycles. The molecule has 0 fully saturated rings. The topological polar surface area (TPSA) is 24.5 Å². The van der Waals surface area contributed by atoms with Crippen LogP contribution in [-0.4, -0.2) is 44.8 Å². The molecule has 0 heterocycles. The second-order valence-electron chi connectivity index (χ2n) is 5.31. The molecule has 0 spiro atoms. The van der Waals surface area contributed by atoms with Crippen LogP contribution in [0.2, 0.25) is 0 Å². The van der Waals surface area contributed by atoms with Gasteiger partial charge < -0.3 is 15.0 Å². The third-order valence-corrected chi connectivity index (χ3v) is 3.55. The average molecular weight is 278 g/mol. The van der Waals surface area contributed by atoms with E-state index in [9.17, 15) is 0 Å². The number of nitrogens with zero attached hydrogens (tertiary/aromatic N) is 1. The van der Waals surface area contributed by atoms with Gasteiger partial charge in [0.1, 0.15) is 0 Å². The molecule has 0 radical (unpaired) electrons. The Hall–Kier alpha value is -0.900. The fraction of sp³-hybridized carbons (Fsp3) is 0.647. The maximum absolute atomic E-state index is 5.40.